The number of fused-ring (bicyclic) bond motifs is 1. The molecular weight excluding hydrogens is 344 g/mol. The van der Waals surface area contributed by atoms with E-state index < -0.39 is 0 Å². The van der Waals surface area contributed by atoms with Crippen molar-refractivity contribution in [1.29, 1.82) is 0 Å². The molecule has 0 N–H and O–H groups in total. The molecule has 2 aromatic rings. The van der Waals surface area contributed by atoms with Crippen molar-refractivity contribution in [3.05, 3.63) is 45.6 Å². The van der Waals surface area contributed by atoms with Crippen LogP contribution in [0, 0.1) is 0 Å². The van der Waals surface area contributed by atoms with Crippen LogP contribution < -0.4 is 5.56 Å². The van der Waals surface area contributed by atoms with E-state index >= 15 is 0 Å². The molecule has 0 atom stereocenters. The Morgan fingerprint density at radius 1 is 1.11 bits per heavy atom. The van der Waals surface area contributed by atoms with Crippen molar-refractivity contribution in [2.45, 2.75) is 32.2 Å². The maximum atomic E-state index is 12.5. The number of rotatable bonds is 4. The zero-order chi connectivity index (χ0) is 18.8. The molecule has 0 spiro atoms. The maximum Gasteiger partial charge on any atom is 0.272 e. The fraction of sp³-hybridized carbons (Fsp3) is 0.579. The lowest BCUT2D eigenvalue weighted by atomic mass is 9.97. The largest absolute Gasteiger partial charge is 0.335 e. The van der Waals surface area contributed by atoms with E-state index in [9.17, 15) is 9.59 Å². The minimum Gasteiger partial charge on any atom is -0.335 e. The lowest BCUT2D eigenvalue weighted by molar-refractivity contribution is 0.0620. The number of carbonyl (C=O) groups excluding carboxylic acids is 1. The first-order valence-corrected chi connectivity index (χ1v) is 9.71. The van der Waals surface area contributed by atoms with Crippen LogP contribution in [0.4, 0.5) is 0 Å². The van der Waals surface area contributed by atoms with E-state index in [1.54, 1.807) is 34.7 Å². The van der Waals surface area contributed by atoms with Crippen LogP contribution in [0.5, 0.6) is 0 Å². The molecule has 1 aliphatic heterocycles. The lowest BCUT2D eigenvalue weighted by Crippen LogP contribution is -2.50. The molecule has 1 saturated heterocycles. The van der Waals surface area contributed by atoms with Crippen molar-refractivity contribution in [3.63, 3.8) is 0 Å². The van der Waals surface area contributed by atoms with Gasteiger partial charge < -0.3 is 4.90 Å². The topological polar surface area (TPSA) is 76.3 Å². The molecule has 2 aromatic heterocycles. The average molecular weight is 370 g/mol. The molecule has 0 aromatic carbocycles. The Morgan fingerprint density at radius 2 is 1.89 bits per heavy atom. The third-order valence-electron chi connectivity index (χ3n) is 5.60. The summed E-state index contributed by atoms with van der Waals surface area (Å²) in [6.07, 6.45) is 5.91. The number of carbonyl (C=O) groups is 1. The average Bonchev–Trinajstić information content (AvgIpc) is 3.12. The molecule has 0 radical (unpaired) electrons. The van der Waals surface area contributed by atoms with Gasteiger partial charge in [-0.05, 0) is 37.3 Å². The van der Waals surface area contributed by atoms with Gasteiger partial charge in [0.1, 0.15) is 5.69 Å². The Labute approximate surface area is 158 Å². The molecule has 8 heteroatoms. The van der Waals surface area contributed by atoms with Crippen molar-refractivity contribution in [3.8, 4) is 0 Å². The van der Waals surface area contributed by atoms with E-state index in [1.807, 2.05) is 4.90 Å². The first kappa shape index (κ1) is 17.9. The Kier molecular flexibility index (Phi) is 5.07. The van der Waals surface area contributed by atoms with Gasteiger partial charge in [-0.2, -0.15) is 10.2 Å². The van der Waals surface area contributed by atoms with Crippen molar-refractivity contribution in [1.82, 2.24) is 29.4 Å². The van der Waals surface area contributed by atoms with E-state index in [-0.39, 0.29) is 11.5 Å². The van der Waals surface area contributed by atoms with Gasteiger partial charge in [0.2, 0.25) is 0 Å². The molecule has 1 fully saturated rings. The Bertz CT molecular complexity index is 879. The standard InChI is InChI=1S/C19H26N6O2/c1-22-17(6-7-20-22)19(27)24-11-8-23(9-12-24)10-13-25-18(26)14-15-4-2-3-5-16(15)21-25/h6-7,14H,2-5,8-13H2,1H3. The summed E-state index contributed by atoms with van der Waals surface area (Å²) in [7, 11) is 1.78. The van der Waals surface area contributed by atoms with Gasteiger partial charge in [-0.3, -0.25) is 19.2 Å². The smallest absolute Gasteiger partial charge is 0.272 e. The fourth-order valence-electron chi connectivity index (χ4n) is 3.92. The first-order valence-electron chi connectivity index (χ1n) is 9.71. The zero-order valence-corrected chi connectivity index (χ0v) is 15.8. The van der Waals surface area contributed by atoms with Crippen LogP contribution in [-0.4, -0.2) is 68.0 Å². The summed E-state index contributed by atoms with van der Waals surface area (Å²) in [5.74, 6) is 0.0298. The monoisotopic (exact) mass is 370 g/mol. The molecule has 0 unspecified atom stereocenters. The number of piperazine rings is 1. The quantitative estimate of drug-likeness (QED) is 0.774. The number of aromatic nitrogens is 4. The number of hydrogen-bond donors (Lipinski definition) is 0. The Morgan fingerprint density at radius 3 is 2.63 bits per heavy atom. The van der Waals surface area contributed by atoms with Crippen molar-refractivity contribution >= 4 is 5.91 Å². The molecule has 0 bridgehead atoms. The van der Waals surface area contributed by atoms with Gasteiger partial charge in [0.15, 0.2) is 0 Å². The third kappa shape index (κ3) is 3.80. The second-order valence-corrected chi connectivity index (χ2v) is 7.36. The van der Waals surface area contributed by atoms with Gasteiger partial charge in [0.05, 0.1) is 12.2 Å². The summed E-state index contributed by atoms with van der Waals surface area (Å²) in [6.45, 7) is 4.38. The van der Waals surface area contributed by atoms with E-state index in [0.29, 0.717) is 25.3 Å². The molecule has 1 amide bonds. The molecule has 0 saturated carbocycles. The summed E-state index contributed by atoms with van der Waals surface area (Å²) >= 11 is 0. The SMILES string of the molecule is Cn1nccc1C(=O)N1CCN(CCn2nc3c(cc2=O)CCCC3)CC1. The highest BCUT2D eigenvalue weighted by atomic mass is 16.2. The predicted octanol–water partition coefficient (Wildman–Crippen LogP) is 0.314. The Balaban J connectivity index is 1.32. The number of hydrogen-bond acceptors (Lipinski definition) is 5. The van der Waals surface area contributed by atoms with Crippen LogP contribution >= 0.6 is 0 Å². The highest BCUT2D eigenvalue weighted by Crippen LogP contribution is 2.17. The van der Waals surface area contributed by atoms with E-state index in [2.05, 4.69) is 15.1 Å². The molecule has 1 aliphatic carbocycles. The maximum absolute atomic E-state index is 12.5. The van der Waals surface area contributed by atoms with E-state index in [0.717, 1.165) is 56.6 Å². The minimum absolute atomic E-state index is 0.000622. The van der Waals surface area contributed by atoms with Crippen molar-refractivity contribution in [2.24, 2.45) is 7.05 Å². The number of nitrogens with zero attached hydrogens (tertiary/aromatic N) is 6. The zero-order valence-electron chi connectivity index (χ0n) is 15.8. The lowest BCUT2D eigenvalue weighted by Gasteiger charge is -2.34. The summed E-state index contributed by atoms with van der Waals surface area (Å²) in [5.41, 5.74) is 2.84. The number of amides is 1. The Hall–Kier alpha value is -2.48. The predicted molar refractivity (Wildman–Crippen MR) is 101 cm³/mol. The van der Waals surface area contributed by atoms with Crippen molar-refractivity contribution < 1.29 is 4.79 Å². The highest BCUT2D eigenvalue weighted by Gasteiger charge is 2.24. The normalized spacial score (nSPS) is 17.7. The van der Waals surface area contributed by atoms with Gasteiger partial charge in [0, 0.05) is 52.0 Å². The van der Waals surface area contributed by atoms with Crippen LogP contribution in [0.3, 0.4) is 0 Å². The first-order chi connectivity index (χ1) is 13.1. The van der Waals surface area contributed by atoms with Gasteiger partial charge >= 0.3 is 0 Å². The fourth-order valence-corrected chi connectivity index (χ4v) is 3.92. The second kappa shape index (κ2) is 7.64. The summed E-state index contributed by atoms with van der Waals surface area (Å²) < 4.78 is 3.22. The third-order valence-corrected chi connectivity index (χ3v) is 5.60. The molecular formula is C19H26N6O2. The molecule has 3 heterocycles. The number of aryl methyl sites for hydroxylation is 3. The van der Waals surface area contributed by atoms with Gasteiger partial charge in [-0.25, -0.2) is 4.68 Å². The summed E-state index contributed by atoms with van der Waals surface area (Å²) in [6, 6.07) is 3.52. The van der Waals surface area contributed by atoms with Crippen LogP contribution in [0.15, 0.2) is 23.1 Å². The van der Waals surface area contributed by atoms with E-state index in [4.69, 9.17) is 0 Å². The molecule has 144 valence electrons. The van der Waals surface area contributed by atoms with Crippen LogP contribution in [0.2, 0.25) is 0 Å². The highest BCUT2D eigenvalue weighted by molar-refractivity contribution is 5.92. The van der Waals surface area contributed by atoms with Crippen LogP contribution in [-0.2, 0) is 26.4 Å². The van der Waals surface area contributed by atoms with Gasteiger partial charge in [-0.15, -0.1) is 0 Å². The van der Waals surface area contributed by atoms with Crippen LogP contribution in [0.1, 0.15) is 34.6 Å². The second-order valence-electron chi connectivity index (χ2n) is 7.36. The molecule has 27 heavy (non-hydrogen) atoms. The summed E-state index contributed by atoms with van der Waals surface area (Å²) in [5, 5.41) is 8.66. The van der Waals surface area contributed by atoms with Gasteiger partial charge in [-0.1, -0.05) is 0 Å². The molecule has 2 aliphatic rings. The minimum atomic E-state index is 0.000622. The van der Waals surface area contributed by atoms with Gasteiger partial charge in [0.25, 0.3) is 11.5 Å². The van der Waals surface area contributed by atoms with E-state index in [1.165, 1.54) is 0 Å². The van der Waals surface area contributed by atoms with Crippen molar-refractivity contribution in [2.75, 3.05) is 32.7 Å². The molecule has 8 nitrogen and oxygen atoms in total. The van der Waals surface area contributed by atoms with Crippen LogP contribution in [0.25, 0.3) is 0 Å². The summed E-state index contributed by atoms with van der Waals surface area (Å²) in [4.78, 5) is 29.0. The molecule has 4 rings (SSSR count).